The molecule has 0 unspecified atom stereocenters. The van der Waals surface area contributed by atoms with Gasteiger partial charge < -0.3 is 0 Å². The smallest absolute Gasteiger partial charge is 0.0204 e. The van der Waals surface area contributed by atoms with Crippen molar-refractivity contribution in [2.75, 3.05) is 18.5 Å². The molecule has 0 saturated heterocycles. The molecule has 23 heavy (non-hydrogen) atoms. The van der Waals surface area contributed by atoms with Crippen molar-refractivity contribution in [3.63, 3.8) is 0 Å². The molecule has 3 aliphatic carbocycles. The second kappa shape index (κ2) is 11.5. The summed E-state index contributed by atoms with van der Waals surface area (Å²) in [5, 5.41) is 0. The van der Waals surface area contributed by atoms with Crippen molar-refractivity contribution in [3.8, 4) is 0 Å². The first-order valence-corrected chi connectivity index (χ1v) is 14.2. The monoisotopic (exact) mass is 356 g/mol. The van der Waals surface area contributed by atoms with Crippen LogP contribution in [0.4, 0.5) is 0 Å². The Hall–Kier alpha value is 0.860. The van der Waals surface area contributed by atoms with Crippen LogP contribution < -0.4 is 0 Å². The minimum atomic E-state index is 0.436. The summed E-state index contributed by atoms with van der Waals surface area (Å²) in [6, 6.07) is 0. The summed E-state index contributed by atoms with van der Waals surface area (Å²) >= 11 is 0. The van der Waals surface area contributed by atoms with E-state index in [1.54, 1.807) is 77.0 Å². The van der Waals surface area contributed by atoms with Crippen molar-refractivity contribution in [1.29, 1.82) is 0 Å². The van der Waals surface area contributed by atoms with Crippen LogP contribution in [-0.2, 0) is 0 Å². The molecule has 0 aromatic rings. The normalized spacial score (nSPS) is 23.9. The van der Waals surface area contributed by atoms with Crippen molar-refractivity contribution in [3.05, 3.63) is 0 Å². The van der Waals surface area contributed by atoms with Crippen LogP contribution in [-0.4, -0.2) is 35.5 Å². The summed E-state index contributed by atoms with van der Waals surface area (Å²) in [4.78, 5) is 0. The molecule has 0 spiro atoms. The van der Waals surface area contributed by atoms with Gasteiger partial charge in [0.1, 0.15) is 0 Å². The van der Waals surface area contributed by atoms with E-state index in [2.05, 4.69) is 20.8 Å². The second-order valence-corrected chi connectivity index (χ2v) is 14.2. The van der Waals surface area contributed by atoms with Gasteiger partial charge in [-0.25, -0.2) is 0 Å². The minimum absolute atomic E-state index is 0.436. The van der Waals surface area contributed by atoms with E-state index in [0.29, 0.717) is 15.8 Å². The van der Waals surface area contributed by atoms with Gasteiger partial charge in [0.25, 0.3) is 0 Å². The van der Waals surface area contributed by atoms with E-state index in [1.165, 1.54) is 35.5 Å². The van der Waals surface area contributed by atoms with Gasteiger partial charge in [0.15, 0.2) is 0 Å². The number of hydrogen-bond donors (Lipinski definition) is 0. The van der Waals surface area contributed by atoms with Crippen molar-refractivity contribution in [1.82, 2.24) is 0 Å². The highest BCUT2D eigenvalue weighted by Gasteiger charge is 2.38. The van der Waals surface area contributed by atoms with Crippen LogP contribution in [0.3, 0.4) is 0 Å². The van der Waals surface area contributed by atoms with Gasteiger partial charge in [0.2, 0.25) is 0 Å². The average molecular weight is 357 g/mol. The van der Waals surface area contributed by atoms with E-state index in [-0.39, 0.29) is 0 Å². The summed E-state index contributed by atoms with van der Waals surface area (Å²) in [6.07, 6.45) is 23.3. The van der Waals surface area contributed by atoms with E-state index < -0.39 is 0 Å². The third-order valence-electron chi connectivity index (χ3n) is 6.58. The van der Waals surface area contributed by atoms with E-state index in [4.69, 9.17) is 0 Å². The molecule has 3 fully saturated rings. The molecular weight excluding hydrogens is 314 g/mol. The molecular formula is C21H42P2. The predicted octanol–water partition coefficient (Wildman–Crippen LogP) is 7.82. The largest absolute Gasteiger partial charge is 0.108 e. The lowest BCUT2D eigenvalue weighted by molar-refractivity contribution is 0.775. The van der Waals surface area contributed by atoms with E-state index in [0.717, 1.165) is 0 Å². The van der Waals surface area contributed by atoms with Gasteiger partial charge in [-0.05, 0) is 74.0 Å². The third-order valence-corrected chi connectivity index (χ3v) is 13.3. The lowest BCUT2D eigenvalue weighted by atomic mass is 10.3. The van der Waals surface area contributed by atoms with Crippen molar-refractivity contribution < 1.29 is 0 Å². The maximum absolute atomic E-state index is 2.29. The molecule has 0 nitrogen and oxygen atoms in total. The zero-order valence-electron chi connectivity index (χ0n) is 16.2. The van der Waals surface area contributed by atoms with E-state index in [9.17, 15) is 0 Å². The molecule has 0 aliphatic heterocycles. The van der Waals surface area contributed by atoms with Gasteiger partial charge in [-0.2, -0.15) is 0 Å². The average Bonchev–Trinajstić information content (AvgIpc) is 3.35. The third kappa shape index (κ3) is 6.26. The molecule has 0 amide bonds. The fourth-order valence-electron chi connectivity index (χ4n) is 5.17. The predicted molar refractivity (Wildman–Crippen MR) is 112 cm³/mol. The van der Waals surface area contributed by atoms with Gasteiger partial charge in [-0.3, -0.25) is 0 Å². The highest BCUT2D eigenvalue weighted by atomic mass is 31.1. The first-order chi connectivity index (χ1) is 11.3. The zero-order chi connectivity index (χ0) is 16.5. The Balaban J connectivity index is 0.000000236. The summed E-state index contributed by atoms with van der Waals surface area (Å²) in [5.41, 5.74) is 3.63. The van der Waals surface area contributed by atoms with Crippen molar-refractivity contribution in [2.45, 2.75) is 115 Å². The van der Waals surface area contributed by atoms with Crippen LogP contribution in [0.2, 0.25) is 0 Å². The lowest BCUT2D eigenvalue weighted by Gasteiger charge is -2.35. The topological polar surface area (TPSA) is 0 Å². The van der Waals surface area contributed by atoms with Crippen LogP contribution in [0, 0.1) is 0 Å². The Kier molecular flexibility index (Phi) is 10.1. The van der Waals surface area contributed by atoms with Crippen LogP contribution in [0.15, 0.2) is 0 Å². The fraction of sp³-hybridized carbons (Fsp3) is 1.00. The van der Waals surface area contributed by atoms with Gasteiger partial charge in [0.05, 0.1) is 0 Å². The lowest BCUT2D eigenvalue weighted by Crippen LogP contribution is -2.18. The second-order valence-electron chi connectivity index (χ2n) is 7.88. The van der Waals surface area contributed by atoms with Crippen molar-refractivity contribution in [2.24, 2.45) is 0 Å². The number of rotatable bonds is 6. The molecule has 0 heterocycles. The van der Waals surface area contributed by atoms with Gasteiger partial charge in [-0.1, -0.05) is 67.2 Å². The van der Waals surface area contributed by atoms with Crippen LogP contribution in [0.1, 0.15) is 97.8 Å². The highest BCUT2D eigenvalue weighted by Crippen LogP contribution is 2.63. The molecule has 3 saturated carbocycles. The van der Waals surface area contributed by atoms with Crippen molar-refractivity contribution >= 4 is 15.8 Å². The standard InChI is InChI=1S/C15H27P.C6H15P/c1-2-8-13(7-1)16(14-9-3-4-10-14)15-11-5-6-12-15;1-4-7(5-2)6-3/h13-15H,1-12H2;4-6H2,1-3H3. The Morgan fingerprint density at radius 3 is 0.957 bits per heavy atom. The molecule has 3 aliphatic rings. The van der Waals surface area contributed by atoms with E-state index >= 15 is 0 Å². The molecule has 0 bridgehead atoms. The molecule has 0 N–H and O–H groups in total. The quantitative estimate of drug-likeness (QED) is 0.425. The first kappa shape index (κ1) is 20.2. The molecule has 0 atom stereocenters. The number of hydrogen-bond acceptors (Lipinski definition) is 0. The van der Waals surface area contributed by atoms with E-state index in [1.807, 2.05) is 0 Å². The van der Waals surface area contributed by atoms with Crippen LogP contribution in [0.25, 0.3) is 0 Å². The SMILES string of the molecule is C1CCC(P(C2CCCC2)C2CCCC2)C1.CCP(CC)CC. The minimum Gasteiger partial charge on any atom is -0.108 e. The fourth-order valence-corrected chi connectivity index (χ4v) is 11.2. The van der Waals surface area contributed by atoms with Crippen LogP contribution >= 0.6 is 15.8 Å². The molecule has 2 heteroatoms. The summed E-state index contributed by atoms with van der Waals surface area (Å²) < 4.78 is 0. The van der Waals surface area contributed by atoms with Gasteiger partial charge in [-0.15, -0.1) is 7.92 Å². The summed E-state index contributed by atoms with van der Waals surface area (Å²) in [6.45, 7) is 6.87. The Bertz CT molecular complexity index is 239. The molecule has 0 aromatic heterocycles. The Labute approximate surface area is 149 Å². The first-order valence-electron chi connectivity index (χ1n) is 10.8. The maximum Gasteiger partial charge on any atom is -0.0204 e. The maximum atomic E-state index is 2.29. The zero-order valence-corrected chi connectivity index (χ0v) is 18.0. The summed E-state index contributed by atoms with van der Waals surface area (Å²) in [5.74, 6) is 0. The molecule has 136 valence electrons. The molecule has 0 radical (unpaired) electrons. The van der Waals surface area contributed by atoms with Gasteiger partial charge >= 0.3 is 0 Å². The van der Waals surface area contributed by atoms with Crippen LogP contribution in [0.5, 0.6) is 0 Å². The Morgan fingerprint density at radius 1 is 0.522 bits per heavy atom. The highest BCUT2D eigenvalue weighted by molar-refractivity contribution is 7.60. The Morgan fingerprint density at radius 2 is 0.783 bits per heavy atom. The molecule has 0 aromatic carbocycles. The summed E-state index contributed by atoms with van der Waals surface area (Å²) in [7, 11) is 0.882. The van der Waals surface area contributed by atoms with Gasteiger partial charge in [0, 0.05) is 0 Å². The molecule has 3 rings (SSSR count).